The molecule has 16 heavy (non-hydrogen) atoms. The second kappa shape index (κ2) is 13.9. The molecule has 0 fully saturated rings. The van der Waals surface area contributed by atoms with Crippen molar-refractivity contribution in [1.82, 2.24) is 4.90 Å². The van der Waals surface area contributed by atoms with Crippen LogP contribution < -0.4 is 0 Å². The lowest BCUT2D eigenvalue weighted by Gasteiger charge is -1.97. The highest BCUT2D eigenvalue weighted by Crippen LogP contribution is 2.06. The molecule has 0 atom stereocenters. The SMILES string of the molecule is CCCCCCCCC(=O)O.CN(C)C=O. The number of unbranched alkanes of at least 4 members (excludes halogenated alkanes) is 5. The summed E-state index contributed by atoms with van der Waals surface area (Å²) >= 11 is 0. The van der Waals surface area contributed by atoms with Crippen molar-refractivity contribution < 1.29 is 14.7 Å². The Kier molecular flexibility index (Phi) is 15.1. The Morgan fingerprint density at radius 3 is 1.94 bits per heavy atom. The summed E-state index contributed by atoms with van der Waals surface area (Å²) in [5, 5.41) is 8.32. The predicted molar refractivity (Wildman–Crippen MR) is 65.4 cm³/mol. The van der Waals surface area contributed by atoms with E-state index in [2.05, 4.69) is 6.92 Å². The van der Waals surface area contributed by atoms with Crippen molar-refractivity contribution in [2.45, 2.75) is 51.9 Å². The first kappa shape index (κ1) is 17.3. The highest BCUT2D eigenvalue weighted by Gasteiger charge is 1.95. The van der Waals surface area contributed by atoms with Crippen LogP contribution in [0.2, 0.25) is 0 Å². The Labute approximate surface area is 98.6 Å². The topological polar surface area (TPSA) is 57.6 Å². The third kappa shape index (κ3) is 23.1. The standard InChI is InChI=1S/C9H18O2.C3H7NO/c1-2-3-4-5-6-7-8-9(10)11;1-4(2)3-5/h2-8H2,1H3,(H,10,11);3H,1-2H3. The number of carbonyl (C=O) groups is 2. The number of aliphatic carboxylic acids is 1. The normalized spacial score (nSPS) is 8.94. The average Bonchev–Trinajstić information content (AvgIpc) is 2.23. The number of nitrogens with zero attached hydrogens (tertiary/aromatic N) is 1. The summed E-state index contributed by atoms with van der Waals surface area (Å²) in [5.41, 5.74) is 0. The molecule has 0 radical (unpaired) electrons. The lowest BCUT2D eigenvalue weighted by Crippen LogP contribution is -2.06. The zero-order chi connectivity index (χ0) is 12.8. The summed E-state index contributed by atoms with van der Waals surface area (Å²) < 4.78 is 0. The molecule has 0 aliphatic carbocycles. The first-order valence-corrected chi connectivity index (χ1v) is 5.88. The Bertz CT molecular complexity index is 170. The van der Waals surface area contributed by atoms with E-state index in [0.29, 0.717) is 6.42 Å². The fourth-order valence-electron chi connectivity index (χ4n) is 1.06. The van der Waals surface area contributed by atoms with Gasteiger partial charge in [0.15, 0.2) is 0 Å². The van der Waals surface area contributed by atoms with Crippen molar-refractivity contribution in [1.29, 1.82) is 0 Å². The number of rotatable bonds is 8. The molecule has 96 valence electrons. The molecule has 0 spiro atoms. The largest absolute Gasteiger partial charge is 0.481 e. The van der Waals surface area contributed by atoms with Crippen molar-refractivity contribution >= 4 is 12.4 Å². The van der Waals surface area contributed by atoms with Gasteiger partial charge in [0.25, 0.3) is 0 Å². The Hall–Kier alpha value is -1.06. The molecule has 0 aliphatic heterocycles. The molecule has 0 heterocycles. The van der Waals surface area contributed by atoms with Crippen molar-refractivity contribution in [2.24, 2.45) is 0 Å². The van der Waals surface area contributed by atoms with Crippen molar-refractivity contribution in [3.63, 3.8) is 0 Å². The summed E-state index contributed by atoms with van der Waals surface area (Å²) in [6.07, 6.45) is 8.00. The van der Waals surface area contributed by atoms with E-state index in [0.717, 1.165) is 19.3 Å². The average molecular weight is 231 g/mol. The molecule has 0 rings (SSSR count). The molecular formula is C12H25NO3. The quantitative estimate of drug-likeness (QED) is 0.516. The van der Waals surface area contributed by atoms with Gasteiger partial charge in [0.1, 0.15) is 0 Å². The van der Waals surface area contributed by atoms with Gasteiger partial charge in [0.05, 0.1) is 0 Å². The van der Waals surface area contributed by atoms with Crippen LogP contribution in [0, 0.1) is 0 Å². The fraction of sp³-hybridized carbons (Fsp3) is 0.833. The van der Waals surface area contributed by atoms with Crippen LogP contribution in [0.3, 0.4) is 0 Å². The van der Waals surface area contributed by atoms with Gasteiger partial charge in [-0.3, -0.25) is 9.59 Å². The van der Waals surface area contributed by atoms with Crippen molar-refractivity contribution in [3.8, 4) is 0 Å². The van der Waals surface area contributed by atoms with Crippen LogP contribution in [0.1, 0.15) is 51.9 Å². The minimum Gasteiger partial charge on any atom is -0.481 e. The van der Waals surface area contributed by atoms with E-state index in [1.165, 1.54) is 30.6 Å². The van der Waals surface area contributed by atoms with Gasteiger partial charge in [0, 0.05) is 20.5 Å². The third-order valence-electron chi connectivity index (χ3n) is 1.96. The first-order chi connectivity index (χ1) is 7.54. The molecule has 0 aromatic rings. The fourth-order valence-corrected chi connectivity index (χ4v) is 1.06. The molecule has 4 nitrogen and oxygen atoms in total. The number of carbonyl (C=O) groups excluding carboxylic acids is 1. The number of hydrogen-bond donors (Lipinski definition) is 1. The smallest absolute Gasteiger partial charge is 0.303 e. The van der Waals surface area contributed by atoms with Gasteiger partial charge in [0.2, 0.25) is 6.41 Å². The van der Waals surface area contributed by atoms with Gasteiger partial charge in [-0.2, -0.15) is 0 Å². The van der Waals surface area contributed by atoms with E-state index in [4.69, 9.17) is 5.11 Å². The molecule has 0 unspecified atom stereocenters. The first-order valence-electron chi connectivity index (χ1n) is 5.88. The maximum absolute atomic E-state index is 10.1. The van der Waals surface area contributed by atoms with Crippen LogP contribution in [-0.4, -0.2) is 36.5 Å². The molecule has 0 saturated heterocycles. The summed E-state index contributed by atoms with van der Waals surface area (Å²) in [6, 6.07) is 0. The minimum atomic E-state index is -0.666. The highest BCUT2D eigenvalue weighted by molar-refractivity contribution is 5.66. The Balaban J connectivity index is 0. The molecular weight excluding hydrogens is 206 g/mol. The number of carboxylic acid groups (broad SMARTS) is 1. The van der Waals surface area contributed by atoms with E-state index in [1.807, 2.05) is 0 Å². The van der Waals surface area contributed by atoms with Gasteiger partial charge in [-0.15, -0.1) is 0 Å². The Morgan fingerprint density at radius 1 is 1.12 bits per heavy atom. The van der Waals surface area contributed by atoms with E-state index < -0.39 is 5.97 Å². The zero-order valence-electron chi connectivity index (χ0n) is 10.7. The Morgan fingerprint density at radius 2 is 1.56 bits per heavy atom. The highest BCUT2D eigenvalue weighted by atomic mass is 16.4. The molecule has 0 aromatic heterocycles. The summed E-state index contributed by atoms with van der Waals surface area (Å²) in [4.78, 5) is 21.0. The molecule has 1 amide bonds. The second-order valence-corrected chi connectivity index (χ2v) is 3.98. The van der Waals surface area contributed by atoms with Crippen LogP contribution in [-0.2, 0) is 9.59 Å². The van der Waals surface area contributed by atoms with Crippen molar-refractivity contribution in [2.75, 3.05) is 14.1 Å². The zero-order valence-corrected chi connectivity index (χ0v) is 10.7. The predicted octanol–water partition coefficient (Wildman–Crippen LogP) is 2.53. The van der Waals surface area contributed by atoms with Gasteiger partial charge < -0.3 is 10.0 Å². The minimum absolute atomic E-state index is 0.339. The van der Waals surface area contributed by atoms with E-state index in [9.17, 15) is 9.59 Å². The van der Waals surface area contributed by atoms with Crippen LogP contribution in [0.5, 0.6) is 0 Å². The lowest BCUT2D eigenvalue weighted by atomic mass is 10.1. The van der Waals surface area contributed by atoms with Gasteiger partial charge in [-0.1, -0.05) is 39.0 Å². The lowest BCUT2D eigenvalue weighted by molar-refractivity contribution is -0.137. The van der Waals surface area contributed by atoms with E-state index in [1.54, 1.807) is 14.1 Å². The van der Waals surface area contributed by atoms with Crippen LogP contribution in [0.15, 0.2) is 0 Å². The van der Waals surface area contributed by atoms with Gasteiger partial charge in [-0.25, -0.2) is 0 Å². The molecule has 0 bridgehead atoms. The maximum Gasteiger partial charge on any atom is 0.303 e. The van der Waals surface area contributed by atoms with Crippen LogP contribution in [0.4, 0.5) is 0 Å². The molecule has 4 heteroatoms. The second-order valence-electron chi connectivity index (χ2n) is 3.98. The monoisotopic (exact) mass is 231 g/mol. The summed E-state index contributed by atoms with van der Waals surface area (Å²) in [7, 11) is 3.38. The van der Waals surface area contributed by atoms with Crippen LogP contribution in [0.25, 0.3) is 0 Å². The summed E-state index contributed by atoms with van der Waals surface area (Å²) in [5.74, 6) is -0.666. The van der Waals surface area contributed by atoms with Gasteiger partial charge in [-0.05, 0) is 6.42 Å². The number of carboxylic acids is 1. The van der Waals surface area contributed by atoms with E-state index in [-0.39, 0.29) is 0 Å². The van der Waals surface area contributed by atoms with Crippen LogP contribution >= 0.6 is 0 Å². The molecule has 0 aliphatic rings. The maximum atomic E-state index is 10.1. The third-order valence-corrected chi connectivity index (χ3v) is 1.96. The van der Waals surface area contributed by atoms with Gasteiger partial charge >= 0.3 is 5.97 Å². The molecule has 0 aromatic carbocycles. The van der Waals surface area contributed by atoms with E-state index >= 15 is 0 Å². The van der Waals surface area contributed by atoms with Crippen molar-refractivity contribution in [3.05, 3.63) is 0 Å². The number of amides is 1. The molecule has 1 N–H and O–H groups in total. The summed E-state index contributed by atoms with van der Waals surface area (Å²) in [6.45, 7) is 2.18. The molecule has 0 saturated carbocycles. The number of hydrogen-bond acceptors (Lipinski definition) is 2.